The number of amides is 1. The van der Waals surface area contributed by atoms with Crippen molar-refractivity contribution in [2.45, 2.75) is 37.2 Å². The van der Waals surface area contributed by atoms with Gasteiger partial charge in [0.1, 0.15) is 0 Å². The minimum atomic E-state index is -0.380. The third kappa shape index (κ3) is 4.30. The quantitative estimate of drug-likeness (QED) is 0.651. The molecule has 3 aromatic rings. The molecule has 0 aliphatic heterocycles. The maximum absolute atomic E-state index is 12.3. The highest BCUT2D eigenvalue weighted by molar-refractivity contribution is 8.00. The molecule has 1 aromatic carbocycles. The monoisotopic (exact) mass is 357 g/mol. The van der Waals surface area contributed by atoms with Crippen molar-refractivity contribution in [2.75, 3.05) is 5.32 Å². The van der Waals surface area contributed by atoms with E-state index >= 15 is 0 Å². The van der Waals surface area contributed by atoms with Crippen LogP contribution in [0.15, 0.2) is 56.7 Å². The van der Waals surface area contributed by atoms with E-state index in [1.165, 1.54) is 23.6 Å². The van der Waals surface area contributed by atoms with Gasteiger partial charge in [-0.25, -0.2) is 0 Å². The SMILES string of the molecule is CC(C)c1ccc(NC(=O)[C@H](C)Sc2nnc(-c3ccco3)o2)cc1. The van der Waals surface area contributed by atoms with Crippen LogP contribution >= 0.6 is 11.8 Å². The highest BCUT2D eigenvalue weighted by Gasteiger charge is 2.19. The van der Waals surface area contributed by atoms with Gasteiger partial charge in [-0.05, 0) is 42.7 Å². The molecule has 2 heterocycles. The summed E-state index contributed by atoms with van der Waals surface area (Å²) in [6.07, 6.45) is 1.53. The Morgan fingerprint density at radius 1 is 1.12 bits per heavy atom. The van der Waals surface area contributed by atoms with Gasteiger partial charge in [0.05, 0.1) is 11.5 Å². The lowest BCUT2D eigenvalue weighted by Gasteiger charge is -2.11. The molecular weight excluding hydrogens is 338 g/mol. The van der Waals surface area contributed by atoms with E-state index in [2.05, 4.69) is 29.4 Å². The number of rotatable bonds is 6. The van der Waals surface area contributed by atoms with Crippen molar-refractivity contribution in [3.63, 3.8) is 0 Å². The Kier molecular flexibility index (Phi) is 5.23. The molecular formula is C18H19N3O3S. The third-order valence-electron chi connectivity index (χ3n) is 3.63. The zero-order valence-corrected chi connectivity index (χ0v) is 15.0. The fourth-order valence-corrected chi connectivity index (χ4v) is 2.84. The van der Waals surface area contributed by atoms with Crippen LogP contribution in [0.4, 0.5) is 5.69 Å². The molecule has 0 bridgehead atoms. The normalized spacial score (nSPS) is 12.3. The molecule has 0 aliphatic rings. The summed E-state index contributed by atoms with van der Waals surface area (Å²) in [6, 6.07) is 11.3. The molecule has 6 nitrogen and oxygen atoms in total. The lowest BCUT2D eigenvalue weighted by atomic mass is 10.0. The molecule has 0 spiro atoms. The zero-order valence-electron chi connectivity index (χ0n) is 14.2. The Bertz CT molecular complexity index is 826. The van der Waals surface area contributed by atoms with E-state index in [9.17, 15) is 4.79 Å². The zero-order chi connectivity index (χ0) is 17.8. The summed E-state index contributed by atoms with van der Waals surface area (Å²) in [5.74, 6) is 1.13. The van der Waals surface area contributed by atoms with Crippen molar-refractivity contribution < 1.29 is 13.6 Å². The van der Waals surface area contributed by atoms with E-state index in [4.69, 9.17) is 8.83 Å². The van der Waals surface area contributed by atoms with Crippen LogP contribution in [0.2, 0.25) is 0 Å². The first-order valence-corrected chi connectivity index (χ1v) is 8.86. The molecule has 7 heteroatoms. The molecule has 1 amide bonds. The fraction of sp³-hybridized carbons (Fsp3) is 0.278. The van der Waals surface area contributed by atoms with Crippen LogP contribution in [0.25, 0.3) is 11.7 Å². The number of carbonyl (C=O) groups is 1. The second-order valence-electron chi connectivity index (χ2n) is 5.88. The summed E-state index contributed by atoms with van der Waals surface area (Å²) in [4.78, 5) is 12.3. The summed E-state index contributed by atoms with van der Waals surface area (Å²) >= 11 is 1.20. The Morgan fingerprint density at radius 3 is 2.52 bits per heavy atom. The van der Waals surface area contributed by atoms with Crippen molar-refractivity contribution in [3.8, 4) is 11.7 Å². The van der Waals surface area contributed by atoms with Crippen molar-refractivity contribution >= 4 is 23.4 Å². The standard InChI is InChI=1S/C18H19N3O3S/c1-11(2)13-6-8-14(9-7-13)19-16(22)12(3)25-18-21-20-17(24-18)15-5-4-10-23-15/h4-12H,1-3H3,(H,19,22)/t12-/m0/s1. The van der Waals surface area contributed by atoms with Crippen molar-refractivity contribution in [2.24, 2.45) is 0 Å². The molecule has 130 valence electrons. The van der Waals surface area contributed by atoms with Crippen LogP contribution in [0.5, 0.6) is 0 Å². The van der Waals surface area contributed by atoms with Gasteiger partial charge in [-0.1, -0.05) is 37.7 Å². The Morgan fingerprint density at radius 2 is 1.88 bits per heavy atom. The molecule has 0 saturated carbocycles. The highest BCUT2D eigenvalue weighted by atomic mass is 32.2. The maximum Gasteiger partial charge on any atom is 0.284 e. The van der Waals surface area contributed by atoms with Gasteiger partial charge in [0.2, 0.25) is 5.91 Å². The lowest BCUT2D eigenvalue weighted by molar-refractivity contribution is -0.115. The van der Waals surface area contributed by atoms with E-state index in [0.717, 1.165) is 5.69 Å². The minimum Gasteiger partial charge on any atom is -0.459 e. The first-order valence-electron chi connectivity index (χ1n) is 7.98. The lowest BCUT2D eigenvalue weighted by Crippen LogP contribution is -2.22. The van der Waals surface area contributed by atoms with Crippen LogP contribution in [-0.2, 0) is 4.79 Å². The number of aromatic nitrogens is 2. The molecule has 0 saturated heterocycles. The van der Waals surface area contributed by atoms with E-state index in [-0.39, 0.29) is 11.2 Å². The van der Waals surface area contributed by atoms with Crippen LogP contribution in [0.3, 0.4) is 0 Å². The molecule has 0 radical (unpaired) electrons. The van der Waals surface area contributed by atoms with E-state index in [1.54, 1.807) is 19.1 Å². The largest absolute Gasteiger partial charge is 0.459 e. The first kappa shape index (κ1) is 17.3. The van der Waals surface area contributed by atoms with Crippen molar-refractivity contribution in [3.05, 3.63) is 48.2 Å². The average molecular weight is 357 g/mol. The van der Waals surface area contributed by atoms with Gasteiger partial charge in [-0.3, -0.25) is 4.79 Å². The van der Waals surface area contributed by atoms with Gasteiger partial charge in [0.25, 0.3) is 11.1 Å². The number of anilines is 1. The van der Waals surface area contributed by atoms with Crippen molar-refractivity contribution in [1.29, 1.82) is 0 Å². The van der Waals surface area contributed by atoms with Crippen LogP contribution in [0.1, 0.15) is 32.3 Å². The number of benzene rings is 1. The molecule has 0 fully saturated rings. The summed E-state index contributed by atoms with van der Waals surface area (Å²) < 4.78 is 10.7. The van der Waals surface area contributed by atoms with Gasteiger partial charge in [-0.15, -0.1) is 10.2 Å². The number of carbonyl (C=O) groups excluding carboxylic acids is 1. The van der Waals surface area contributed by atoms with Crippen LogP contribution in [0, 0.1) is 0 Å². The van der Waals surface area contributed by atoms with Gasteiger partial charge in [0, 0.05) is 5.69 Å². The molecule has 0 aliphatic carbocycles. The number of furan rings is 1. The first-order chi connectivity index (χ1) is 12.0. The number of nitrogens with one attached hydrogen (secondary N) is 1. The Balaban J connectivity index is 1.59. The van der Waals surface area contributed by atoms with E-state index in [0.29, 0.717) is 22.8 Å². The van der Waals surface area contributed by atoms with E-state index in [1.807, 2.05) is 24.3 Å². The Hall–Kier alpha value is -2.54. The molecule has 0 unspecified atom stereocenters. The van der Waals surface area contributed by atoms with Gasteiger partial charge in [0.15, 0.2) is 5.76 Å². The summed E-state index contributed by atoms with van der Waals surface area (Å²) in [7, 11) is 0. The molecule has 2 aromatic heterocycles. The highest BCUT2D eigenvalue weighted by Crippen LogP contribution is 2.27. The maximum atomic E-state index is 12.3. The molecule has 3 rings (SSSR count). The second-order valence-corrected chi connectivity index (χ2v) is 7.17. The van der Waals surface area contributed by atoms with Crippen LogP contribution in [-0.4, -0.2) is 21.4 Å². The summed E-state index contributed by atoms with van der Waals surface area (Å²) in [5, 5.41) is 10.7. The van der Waals surface area contributed by atoms with E-state index < -0.39 is 0 Å². The fourth-order valence-electron chi connectivity index (χ4n) is 2.16. The average Bonchev–Trinajstić information content (AvgIpc) is 3.26. The topological polar surface area (TPSA) is 81.2 Å². The number of hydrogen-bond acceptors (Lipinski definition) is 6. The third-order valence-corrected chi connectivity index (χ3v) is 4.56. The predicted molar refractivity (Wildman–Crippen MR) is 96.5 cm³/mol. The van der Waals surface area contributed by atoms with Gasteiger partial charge in [-0.2, -0.15) is 0 Å². The number of hydrogen-bond donors (Lipinski definition) is 1. The van der Waals surface area contributed by atoms with Crippen LogP contribution < -0.4 is 5.32 Å². The van der Waals surface area contributed by atoms with Gasteiger partial charge < -0.3 is 14.2 Å². The Labute approximate surface area is 150 Å². The summed E-state index contributed by atoms with van der Waals surface area (Å²) in [6.45, 7) is 6.06. The van der Waals surface area contributed by atoms with Crippen molar-refractivity contribution in [1.82, 2.24) is 10.2 Å². The second kappa shape index (κ2) is 7.57. The number of nitrogens with zero attached hydrogens (tertiary/aromatic N) is 2. The molecule has 1 N–H and O–H groups in total. The molecule has 25 heavy (non-hydrogen) atoms. The predicted octanol–water partition coefficient (Wildman–Crippen LogP) is 4.57. The summed E-state index contributed by atoms with van der Waals surface area (Å²) in [5.41, 5.74) is 2.00. The molecule has 1 atom stereocenters. The van der Waals surface area contributed by atoms with Gasteiger partial charge >= 0.3 is 0 Å². The number of thioether (sulfide) groups is 1. The minimum absolute atomic E-state index is 0.125. The smallest absolute Gasteiger partial charge is 0.284 e.